The molecule has 2 aliphatic rings. The van der Waals surface area contributed by atoms with Crippen LogP contribution in [0, 0.1) is 5.82 Å². The second-order valence-corrected chi connectivity index (χ2v) is 5.50. The quantitative estimate of drug-likeness (QED) is 0.921. The van der Waals surface area contributed by atoms with Crippen LogP contribution in [0.25, 0.3) is 6.08 Å². The molecule has 0 bridgehead atoms. The third-order valence-corrected chi connectivity index (χ3v) is 4.08. The van der Waals surface area contributed by atoms with E-state index in [0.29, 0.717) is 6.79 Å². The molecule has 1 atom stereocenters. The van der Waals surface area contributed by atoms with Gasteiger partial charge in [-0.3, -0.25) is 0 Å². The van der Waals surface area contributed by atoms with E-state index < -0.39 is 0 Å². The minimum atomic E-state index is -0.217. The van der Waals surface area contributed by atoms with Gasteiger partial charge in [-0.05, 0) is 47.4 Å². The zero-order chi connectivity index (χ0) is 14.9. The van der Waals surface area contributed by atoms with Gasteiger partial charge in [0.25, 0.3) is 0 Å². The van der Waals surface area contributed by atoms with Crippen molar-refractivity contribution < 1.29 is 13.9 Å². The Morgan fingerprint density at radius 2 is 1.86 bits per heavy atom. The van der Waals surface area contributed by atoms with Gasteiger partial charge in [0.1, 0.15) is 5.82 Å². The highest BCUT2D eigenvalue weighted by molar-refractivity contribution is 5.55. The summed E-state index contributed by atoms with van der Waals surface area (Å²) < 4.78 is 23.9. The molecule has 2 aliphatic heterocycles. The van der Waals surface area contributed by atoms with Gasteiger partial charge < -0.3 is 14.8 Å². The minimum Gasteiger partial charge on any atom is -0.454 e. The summed E-state index contributed by atoms with van der Waals surface area (Å²) in [7, 11) is 0. The summed E-state index contributed by atoms with van der Waals surface area (Å²) in [6.45, 7) is 1.22. The van der Waals surface area contributed by atoms with E-state index in [4.69, 9.17) is 9.47 Å². The molecule has 2 heterocycles. The molecular weight excluding hydrogens is 281 g/mol. The monoisotopic (exact) mass is 297 g/mol. The molecular formula is C18H16FNO2. The van der Waals surface area contributed by atoms with Crippen molar-refractivity contribution in [1.29, 1.82) is 0 Å². The number of halogens is 1. The molecule has 112 valence electrons. The van der Waals surface area contributed by atoms with E-state index >= 15 is 0 Å². The summed E-state index contributed by atoms with van der Waals surface area (Å²) in [4.78, 5) is 0. The van der Waals surface area contributed by atoms with Gasteiger partial charge >= 0.3 is 0 Å². The van der Waals surface area contributed by atoms with Crippen molar-refractivity contribution in [2.75, 3.05) is 13.3 Å². The molecule has 0 spiro atoms. The highest BCUT2D eigenvalue weighted by Crippen LogP contribution is 2.38. The van der Waals surface area contributed by atoms with Gasteiger partial charge in [0.2, 0.25) is 6.79 Å². The van der Waals surface area contributed by atoms with Gasteiger partial charge in [0.15, 0.2) is 11.5 Å². The average molecular weight is 297 g/mol. The average Bonchev–Trinajstić information content (AvgIpc) is 2.99. The van der Waals surface area contributed by atoms with Crippen molar-refractivity contribution in [3.63, 3.8) is 0 Å². The van der Waals surface area contributed by atoms with Crippen LogP contribution in [-0.4, -0.2) is 13.3 Å². The Balaban J connectivity index is 1.63. The molecule has 0 saturated carbocycles. The molecule has 4 rings (SSSR count). The molecule has 0 aliphatic carbocycles. The Morgan fingerprint density at radius 3 is 2.68 bits per heavy atom. The van der Waals surface area contributed by atoms with Crippen LogP contribution in [0.5, 0.6) is 11.5 Å². The molecule has 1 unspecified atom stereocenters. The van der Waals surface area contributed by atoms with Crippen molar-refractivity contribution in [2.45, 2.75) is 12.5 Å². The summed E-state index contributed by atoms with van der Waals surface area (Å²) in [6.07, 6.45) is 5.09. The van der Waals surface area contributed by atoms with E-state index in [1.165, 1.54) is 23.3 Å². The zero-order valence-electron chi connectivity index (χ0n) is 12.0. The zero-order valence-corrected chi connectivity index (χ0v) is 12.0. The Labute approximate surface area is 128 Å². The Kier molecular flexibility index (Phi) is 3.31. The van der Waals surface area contributed by atoms with Gasteiger partial charge in [0.05, 0.1) is 6.04 Å². The Bertz CT molecular complexity index is 725. The fourth-order valence-corrected chi connectivity index (χ4v) is 2.93. The molecule has 4 heteroatoms. The van der Waals surface area contributed by atoms with Crippen LogP contribution in [0.1, 0.15) is 22.7 Å². The standard InChI is InChI=1S/C18H16FNO2/c19-14-4-1-12(2-5-14)3-6-16-15-10-18-17(21-11-22-18)9-13(15)7-8-20-16/h1-6,9-10,16,20H,7-8,11H2. The fraction of sp³-hybridized carbons (Fsp3) is 0.222. The van der Waals surface area contributed by atoms with Crippen LogP contribution >= 0.6 is 0 Å². The third kappa shape index (κ3) is 2.46. The lowest BCUT2D eigenvalue weighted by molar-refractivity contribution is 0.174. The Morgan fingerprint density at radius 1 is 1.09 bits per heavy atom. The molecule has 2 aromatic rings. The second kappa shape index (κ2) is 5.46. The first-order chi connectivity index (χ1) is 10.8. The van der Waals surface area contributed by atoms with Crippen molar-refractivity contribution in [3.8, 4) is 11.5 Å². The number of ether oxygens (including phenoxy) is 2. The number of nitrogens with one attached hydrogen (secondary N) is 1. The smallest absolute Gasteiger partial charge is 0.231 e. The molecule has 0 aromatic heterocycles. The SMILES string of the molecule is Fc1ccc(C=CC2NCCc3cc4c(cc32)OCO4)cc1. The van der Waals surface area contributed by atoms with Crippen LogP contribution in [0.2, 0.25) is 0 Å². The summed E-state index contributed by atoms with van der Waals surface area (Å²) in [5.41, 5.74) is 3.49. The second-order valence-electron chi connectivity index (χ2n) is 5.50. The number of fused-ring (bicyclic) bond motifs is 2. The van der Waals surface area contributed by atoms with E-state index in [9.17, 15) is 4.39 Å². The van der Waals surface area contributed by atoms with Crippen LogP contribution in [0.4, 0.5) is 4.39 Å². The van der Waals surface area contributed by atoms with Crippen LogP contribution in [0.15, 0.2) is 42.5 Å². The molecule has 0 fully saturated rings. The van der Waals surface area contributed by atoms with Crippen molar-refractivity contribution in [3.05, 3.63) is 65.0 Å². The number of benzene rings is 2. The van der Waals surface area contributed by atoms with E-state index in [1.807, 2.05) is 6.08 Å². The molecule has 0 radical (unpaired) electrons. The number of hydrogen-bond acceptors (Lipinski definition) is 3. The highest BCUT2D eigenvalue weighted by atomic mass is 19.1. The molecule has 3 nitrogen and oxygen atoms in total. The lowest BCUT2D eigenvalue weighted by atomic mass is 9.93. The maximum atomic E-state index is 12.9. The van der Waals surface area contributed by atoms with Gasteiger partial charge in [0, 0.05) is 6.54 Å². The first kappa shape index (κ1) is 13.3. The van der Waals surface area contributed by atoms with Gasteiger partial charge in [-0.2, -0.15) is 0 Å². The highest BCUT2D eigenvalue weighted by Gasteiger charge is 2.23. The first-order valence-electron chi connectivity index (χ1n) is 7.39. The molecule has 0 saturated heterocycles. The van der Waals surface area contributed by atoms with Crippen molar-refractivity contribution in [2.24, 2.45) is 0 Å². The van der Waals surface area contributed by atoms with E-state index in [0.717, 1.165) is 30.0 Å². The Hall–Kier alpha value is -2.33. The maximum absolute atomic E-state index is 12.9. The number of rotatable bonds is 2. The van der Waals surface area contributed by atoms with Gasteiger partial charge in [-0.15, -0.1) is 0 Å². The van der Waals surface area contributed by atoms with E-state index in [2.05, 4.69) is 23.5 Å². The summed E-state index contributed by atoms with van der Waals surface area (Å²) >= 11 is 0. The van der Waals surface area contributed by atoms with Crippen LogP contribution in [0.3, 0.4) is 0 Å². The lowest BCUT2D eigenvalue weighted by Crippen LogP contribution is -2.28. The van der Waals surface area contributed by atoms with Gasteiger partial charge in [-0.25, -0.2) is 4.39 Å². The maximum Gasteiger partial charge on any atom is 0.231 e. The largest absolute Gasteiger partial charge is 0.454 e. The molecule has 1 N–H and O–H groups in total. The number of hydrogen-bond donors (Lipinski definition) is 1. The van der Waals surface area contributed by atoms with E-state index in [1.54, 1.807) is 12.1 Å². The summed E-state index contributed by atoms with van der Waals surface area (Å²) in [5, 5.41) is 3.49. The molecule has 22 heavy (non-hydrogen) atoms. The van der Waals surface area contributed by atoms with Crippen molar-refractivity contribution in [1.82, 2.24) is 5.32 Å². The molecule has 0 amide bonds. The normalized spacial score (nSPS) is 19.4. The predicted molar refractivity (Wildman–Crippen MR) is 82.4 cm³/mol. The lowest BCUT2D eigenvalue weighted by Gasteiger charge is -2.25. The van der Waals surface area contributed by atoms with Gasteiger partial charge in [-0.1, -0.05) is 24.3 Å². The van der Waals surface area contributed by atoms with Crippen LogP contribution < -0.4 is 14.8 Å². The predicted octanol–water partition coefficient (Wildman–Crippen LogP) is 3.45. The fourth-order valence-electron chi connectivity index (χ4n) is 2.93. The summed E-state index contributed by atoms with van der Waals surface area (Å²) in [6, 6.07) is 10.8. The van der Waals surface area contributed by atoms with Crippen molar-refractivity contribution >= 4 is 6.08 Å². The van der Waals surface area contributed by atoms with E-state index in [-0.39, 0.29) is 11.9 Å². The van der Waals surface area contributed by atoms with Crippen LogP contribution in [-0.2, 0) is 6.42 Å². The molecule has 2 aromatic carbocycles. The topological polar surface area (TPSA) is 30.5 Å². The minimum absolute atomic E-state index is 0.128. The first-order valence-corrected chi connectivity index (χ1v) is 7.39. The summed E-state index contributed by atoms with van der Waals surface area (Å²) in [5.74, 6) is 1.43. The third-order valence-electron chi connectivity index (χ3n) is 4.08.